The molecule has 0 bridgehead atoms. The minimum Gasteiger partial charge on any atom is -0.353 e. The standard InChI is InChI=1S/C13H17N3O3/c17-13(12-4-11(5-14-12)16(18)19)8-15-6-9-2-1-3-10(9)7-15/h4-5,9-10,14H,1-3,6-8H2. The number of aromatic nitrogens is 1. The van der Waals surface area contributed by atoms with Crippen molar-refractivity contribution in [1.82, 2.24) is 9.88 Å². The number of nitro groups is 1. The maximum Gasteiger partial charge on any atom is 0.287 e. The van der Waals surface area contributed by atoms with E-state index < -0.39 is 4.92 Å². The summed E-state index contributed by atoms with van der Waals surface area (Å²) in [6, 6.07) is 1.32. The van der Waals surface area contributed by atoms with Crippen LogP contribution < -0.4 is 0 Å². The van der Waals surface area contributed by atoms with Crippen LogP contribution in [0.4, 0.5) is 5.69 Å². The van der Waals surface area contributed by atoms with Gasteiger partial charge in [0.2, 0.25) is 0 Å². The SMILES string of the molecule is O=C(CN1CC2CCCC2C1)c1cc([N+](=O)[O-])c[nH]1. The molecule has 1 aliphatic heterocycles. The lowest BCUT2D eigenvalue weighted by atomic mass is 10.0. The first-order valence-corrected chi connectivity index (χ1v) is 6.72. The molecule has 2 fully saturated rings. The fourth-order valence-electron chi connectivity index (χ4n) is 3.40. The number of rotatable bonds is 4. The summed E-state index contributed by atoms with van der Waals surface area (Å²) in [5.41, 5.74) is 0.283. The van der Waals surface area contributed by atoms with Gasteiger partial charge in [-0.25, -0.2) is 0 Å². The quantitative estimate of drug-likeness (QED) is 0.510. The minimum atomic E-state index is -0.493. The van der Waals surface area contributed by atoms with Crippen molar-refractivity contribution in [2.45, 2.75) is 19.3 Å². The van der Waals surface area contributed by atoms with Gasteiger partial charge in [0.05, 0.1) is 23.4 Å². The molecule has 0 radical (unpaired) electrons. The lowest BCUT2D eigenvalue weighted by Gasteiger charge is -2.14. The summed E-state index contributed by atoms with van der Waals surface area (Å²) in [7, 11) is 0. The molecule has 2 atom stereocenters. The molecular formula is C13H17N3O3. The maximum atomic E-state index is 12.1. The maximum absolute atomic E-state index is 12.1. The number of carbonyl (C=O) groups excluding carboxylic acids is 1. The number of aromatic amines is 1. The third kappa shape index (κ3) is 2.40. The van der Waals surface area contributed by atoms with E-state index in [9.17, 15) is 14.9 Å². The summed E-state index contributed by atoms with van der Waals surface area (Å²) in [5.74, 6) is 1.45. The molecular weight excluding hydrogens is 246 g/mol. The topological polar surface area (TPSA) is 79.2 Å². The highest BCUT2D eigenvalue weighted by Gasteiger charge is 2.36. The number of hydrogen-bond acceptors (Lipinski definition) is 4. The first-order valence-electron chi connectivity index (χ1n) is 6.72. The number of H-pyrrole nitrogens is 1. The van der Waals surface area contributed by atoms with E-state index in [4.69, 9.17) is 0 Å². The number of nitrogens with zero attached hydrogens (tertiary/aromatic N) is 2. The Labute approximate surface area is 110 Å². The van der Waals surface area contributed by atoms with Crippen molar-refractivity contribution >= 4 is 11.5 Å². The van der Waals surface area contributed by atoms with Crippen LogP contribution in [0.25, 0.3) is 0 Å². The van der Waals surface area contributed by atoms with Crippen LogP contribution >= 0.6 is 0 Å². The van der Waals surface area contributed by atoms with Crippen LogP contribution in [-0.4, -0.2) is 40.2 Å². The number of nitrogens with one attached hydrogen (secondary N) is 1. The third-order valence-corrected chi connectivity index (χ3v) is 4.35. The molecule has 2 heterocycles. The fraction of sp³-hybridized carbons (Fsp3) is 0.615. The molecule has 3 rings (SSSR count). The Balaban J connectivity index is 1.60. The first-order chi connectivity index (χ1) is 9.13. The lowest BCUT2D eigenvalue weighted by Crippen LogP contribution is -2.28. The molecule has 6 nitrogen and oxygen atoms in total. The lowest BCUT2D eigenvalue weighted by molar-refractivity contribution is -0.384. The third-order valence-electron chi connectivity index (χ3n) is 4.35. The Morgan fingerprint density at radius 3 is 2.68 bits per heavy atom. The molecule has 1 N–H and O–H groups in total. The van der Waals surface area contributed by atoms with Crippen molar-refractivity contribution in [1.29, 1.82) is 0 Å². The van der Waals surface area contributed by atoms with Crippen molar-refractivity contribution in [3.8, 4) is 0 Å². The van der Waals surface area contributed by atoms with Gasteiger partial charge in [0, 0.05) is 19.2 Å². The molecule has 102 valence electrons. The van der Waals surface area contributed by atoms with Crippen molar-refractivity contribution in [3.63, 3.8) is 0 Å². The summed E-state index contributed by atoms with van der Waals surface area (Å²) in [6.07, 6.45) is 5.15. The molecule has 1 aromatic rings. The van der Waals surface area contributed by atoms with Gasteiger partial charge in [-0.05, 0) is 24.7 Å². The molecule has 2 aliphatic rings. The molecule has 1 saturated carbocycles. The zero-order valence-corrected chi connectivity index (χ0v) is 10.7. The van der Waals surface area contributed by atoms with E-state index >= 15 is 0 Å². The second kappa shape index (κ2) is 4.77. The summed E-state index contributed by atoms with van der Waals surface area (Å²) < 4.78 is 0. The summed E-state index contributed by atoms with van der Waals surface area (Å²) in [4.78, 5) is 27.0. The Bertz CT molecular complexity index is 499. The van der Waals surface area contributed by atoms with Gasteiger partial charge in [0.1, 0.15) is 0 Å². The predicted octanol–water partition coefficient (Wildman–Crippen LogP) is 1.84. The van der Waals surface area contributed by atoms with E-state index in [0.717, 1.165) is 24.9 Å². The number of ketones is 1. The Kier molecular flexibility index (Phi) is 3.10. The fourth-order valence-corrected chi connectivity index (χ4v) is 3.40. The molecule has 19 heavy (non-hydrogen) atoms. The van der Waals surface area contributed by atoms with Crippen LogP contribution in [0.2, 0.25) is 0 Å². The largest absolute Gasteiger partial charge is 0.353 e. The molecule has 0 amide bonds. The van der Waals surface area contributed by atoms with Gasteiger partial charge in [-0.15, -0.1) is 0 Å². The normalized spacial score (nSPS) is 26.5. The van der Waals surface area contributed by atoms with Gasteiger partial charge < -0.3 is 4.98 Å². The molecule has 2 unspecified atom stereocenters. The zero-order chi connectivity index (χ0) is 13.4. The molecule has 6 heteroatoms. The highest BCUT2D eigenvalue weighted by Crippen LogP contribution is 2.37. The highest BCUT2D eigenvalue weighted by atomic mass is 16.6. The van der Waals surface area contributed by atoms with Gasteiger partial charge in [0.25, 0.3) is 5.69 Å². The van der Waals surface area contributed by atoms with Crippen molar-refractivity contribution in [2.24, 2.45) is 11.8 Å². The van der Waals surface area contributed by atoms with Gasteiger partial charge in [-0.3, -0.25) is 19.8 Å². The van der Waals surface area contributed by atoms with E-state index in [1.54, 1.807) is 0 Å². The molecule has 1 saturated heterocycles. The van der Waals surface area contributed by atoms with E-state index in [1.807, 2.05) is 0 Å². The van der Waals surface area contributed by atoms with Crippen LogP contribution in [0, 0.1) is 22.0 Å². The van der Waals surface area contributed by atoms with Crippen LogP contribution in [-0.2, 0) is 0 Å². The average molecular weight is 263 g/mol. The van der Waals surface area contributed by atoms with E-state index in [-0.39, 0.29) is 11.5 Å². The second-order valence-corrected chi connectivity index (χ2v) is 5.60. The number of likely N-dealkylation sites (tertiary alicyclic amines) is 1. The Morgan fingerprint density at radius 1 is 1.42 bits per heavy atom. The van der Waals surface area contributed by atoms with Gasteiger partial charge in [0.15, 0.2) is 5.78 Å². The molecule has 1 aliphatic carbocycles. The molecule has 0 aromatic carbocycles. The average Bonchev–Trinajstić information content (AvgIpc) is 3.02. The predicted molar refractivity (Wildman–Crippen MR) is 69.0 cm³/mol. The van der Waals surface area contributed by atoms with E-state index in [2.05, 4.69) is 9.88 Å². The highest BCUT2D eigenvalue weighted by molar-refractivity contribution is 5.96. The van der Waals surface area contributed by atoms with Crippen molar-refractivity contribution in [2.75, 3.05) is 19.6 Å². The summed E-state index contributed by atoms with van der Waals surface area (Å²) in [5, 5.41) is 10.6. The summed E-state index contributed by atoms with van der Waals surface area (Å²) in [6.45, 7) is 2.36. The van der Waals surface area contributed by atoms with Gasteiger partial charge in [-0.2, -0.15) is 0 Å². The van der Waals surface area contributed by atoms with E-state index in [1.165, 1.54) is 31.5 Å². The van der Waals surface area contributed by atoms with Crippen LogP contribution in [0.5, 0.6) is 0 Å². The zero-order valence-electron chi connectivity index (χ0n) is 10.7. The van der Waals surface area contributed by atoms with Crippen molar-refractivity contribution in [3.05, 3.63) is 28.1 Å². The number of hydrogen-bond donors (Lipinski definition) is 1. The van der Waals surface area contributed by atoms with Crippen LogP contribution in [0.3, 0.4) is 0 Å². The number of carbonyl (C=O) groups is 1. The van der Waals surface area contributed by atoms with Crippen LogP contribution in [0.1, 0.15) is 29.8 Å². The summed E-state index contributed by atoms with van der Waals surface area (Å²) >= 11 is 0. The second-order valence-electron chi connectivity index (χ2n) is 5.60. The molecule has 1 aromatic heterocycles. The smallest absolute Gasteiger partial charge is 0.287 e. The first kappa shape index (κ1) is 12.3. The van der Waals surface area contributed by atoms with Crippen LogP contribution in [0.15, 0.2) is 12.3 Å². The molecule has 0 spiro atoms. The van der Waals surface area contributed by atoms with E-state index in [0.29, 0.717) is 12.2 Å². The van der Waals surface area contributed by atoms with Gasteiger partial charge >= 0.3 is 0 Å². The number of Topliss-reactive ketones (excluding diaryl/α,β-unsaturated/α-hetero) is 1. The monoisotopic (exact) mass is 263 g/mol. The minimum absolute atomic E-state index is 0.0540. The number of fused-ring (bicyclic) bond motifs is 1. The Morgan fingerprint density at radius 2 is 2.11 bits per heavy atom. The Hall–Kier alpha value is -1.69. The van der Waals surface area contributed by atoms with Crippen molar-refractivity contribution < 1.29 is 9.72 Å². The van der Waals surface area contributed by atoms with Gasteiger partial charge in [-0.1, -0.05) is 6.42 Å².